The van der Waals surface area contributed by atoms with E-state index in [2.05, 4.69) is 17.1 Å². The quantitative estimate of drug-likeness (QED) is 0.610. The van der Waals surface area contributed by atoms with Gasteiger partial charge in [0.1, 0.15) is 17.0 Å². The fourth-order valence-electron chi connectivity index (χ4n) is 6.25. The monoisotopic (exact) mass is 480 g/mol. The summed E-state index contributed by atoms with van der Waals surface area (Å²) in [7, 11) is 0. The van der Waals surface area contributed by atoms with Crippen LogP contribution in [0.5, 0.6) is 0 Å². The molecule has 0 unspecified atom stereocenters. The highest BCUT2D eigenvalue weighted by Gasteiger charge is 2.48. The molecular weight excluding hydrogens is 440 g/mol. The van der Waals surface area contributed by atoms with Crippen molar-refractivity contribution in [2.24, 2.45) is 0 Å². The molecule has 2 aromatic heterocycles. The van der Waals surface area contributed by atoms with Crippen molar-refractivity contribution in [2.45, 2.75) is 95.8 Å². The Morgan fingerprint density at radius 3 is 2.49 bits per heavy atom. The Bertz CT molecular complexity index is 1020. The van der Waals surface area contributed by atoms with Crippen LogP contribution < -0.4 is 5.32 Å². The van der Waals surface area contributed by atoms with Gasteiger partial charge in [-0.25, -0.2) is 0 Å². The standard InChI is InChI=1S/C28H40N4O3/c1-21-10-7-8-16-30(21)17-18-32-26(33)24-15-14-23(25-13-9-19-35-25)31(24)20-28(32,2)27(34)29-22-11-5-3-4-6-12-22/h9,13-15,19,21-22H,3-8,10-12,16-18,20H2,1-2H3,(H,29,34)/t21-,28-/m0/s1. The van der Waals surface area contributed by atoms with Gasteiger partial charge in [0.05, 0.1) is 18.5 Å². The van der Waals surface area contributed by atoms with Crippen molar-refractivity contribution in [2.75, 3.05) is 19.6 Å². The molecule has 2 fully saturated rings. The molecule has 2 amide bonds. The Kier molecular flexibility index (Phi) is 7.05. The number of rotatable bonds is 6. The molecule has 2 aromatic rings. The molecule has 190 valence electrons. The first-order valence-electron chi connectivity index (χ1n) is 13.6. The fraction of sp³-hybridized carbons (Fsp3) is 0.643. The van der Waals surface area contributed by atoms with Crippen molar-refractivity contribution in [3.05, 3.63) is 36.2 Å². The number of nitrogens with one attached hydrogen (secondary N) is 1. The van der Waals surface area contributed by atoms with Gasteiger partial charge in [-0.1, -0.05) is 32.1 Å². The van der Waals surface area contributed by atoms with Crippen molar-refractivity contribution >= 4 is 11.8 Å². The van der Waals surface area contributed by atoms with E-state index in [-0.39, 0.29) is 17.9 Å². The van der Waals surface area contributed by atoms with Gasteiger partial charge in [0.25, 0.3) is 5.91 Å². The van der Waals surface area contributed by atoms with Gasteiger partial charge in [0, 0.05) is 25.2 Å². The average Bonchev–Trinajstić information content (AvgIpc) is 3.45. The predicted octanol–water partition coefficient (Wildman–Crippen LogP) is 4.68. The number of amides is 2. The van der Waals surface area contributed by atoms with E-state index in [0.29, 0.717) is 30.6 Å². The van der Waals surface area contributed by atoms with Crippen LogP contribution in [-0.4, -0.2) is 63.4 Å². The second-order valence-electron chi connectivity index (χ2n) is 10.9. The number of likely N-dealkylation sites (tertiary alicyclic amines) is 1. The molecule has 1 saturated heterocycles. The fourth-order valence-corrected chi connectivity index (χ4v) is 6.25. The van der Waals surface area contributed by atoms with Crippen LogP contribution in [0.4, 0.5) is 0 Å². The van der Waals surface area contributed by atoms with E-state index in [9.17, 15) is 9.59 Å². The maximum absolute atomic E-state index is 13.9. The molecule has 1 saturated carbocycles. The summed E-state index contributed by atoms with van der Waals surface area (Å²) in [5, 5.41) is 3.36. The summed E-state index contributed by atoms with van der Waals surface area (Å²) in [4.78, 5) is 32.2. The van der Waals surface area contributed by atoms with Crippen LogP contribution in [0.1, 0.15) is 82.1 Å². The first-order valence-corrected chi connectivity index (χ1v) is 13.6. The summed E-state index contributed by atoms with van der Waals surface area (Å²) in [6, 6.07) is 8.27. The van der Waals surface area contributed by atoms with Crippen molar-refractivity contribution in [1.82, 2.24) is 19.7 Å². The lowest BCUT2D eigenvalue weighted by molar-refractivity contribution is -0.133. The third-order valence-electron chi connectivity index (χ3n) is 8.51. The minimum atomic E-state index is -0.963. The van der Waals surface area contributed by atoms with Crippen LogP contribution in [0.3, 0.4) is 0 Å². The van der Waals surface area contributed by atoms with Gasteiger partial charge in [0.15, 0.2) is 0 Å². The molecule has 2 aliphatic heterocycles. The Morgan fingerprint density at radius 2 is 1.77 bits per heavy atom. The summed E-state index contributed by atoms with van der Waals surface area (Å²) >= 11 is 0. The van der Waals surface area contributed by atoms with E-state index in [4.69, 9.17) is 4.42 Å². The zero-order valence-corrected chi connectivity index (χ0v) is 21.3. The summed E-state index contributed by atoms with van der Waals surface area (Å²) < 4.78 is 7.64. The molecule has 7 heteroatoms. The lowest BCUT2D eigenvalue weighted by Gasteiger charge is -2.46. The highest BCUT2D eigenvalue weighted by atomic mass is 16.3. The molecule has 5 rings (SSSR count). The average molecular weight is 481 g/mol. The van der Waals surface area contributed by atoms with E-state index in [0.717, 1.165) is 44.5 Å². The SMILES string of the molecule is C[C@H]1CCCCN1CCN1C(=O)c2ccc(-c3ccco3)n2C[C@@]1(C)C(=O)NC1CCCCCC1. The van der Waals surface area contributed by atoms with E-state index in [1.165, 1.54) is 32.1 Å². The topological polar surface area (TPSA) is 70.7 Å². The second-order valence-corrected chi connectivity index (χ2v) is 10.9. The Balaban J connectivity index is 1.43. The molecule has 0 spiro atoms. The second kappa shape index (κ2) is 10.2. The summed E-state index contributed by atoms with van der Waals surface area (Å²) in [5.74, 6) is 0.609. The van der Waals surface area contributed by atoms with Crippen molar-refractivity contribution in [3.8, 4) is 11.5 Å². The maximum atomic E-state index is 13.9. The lowest BCUT2D eigenvalue weighted by Crippen LogP contribution is -2.66. The van der Waals surface area contributed by atoms with Crippen LogP contribution in [0.15, 0.2) is 34.9 Å². The van der Waals surface area contributed by atoms with Gasteiger partial charge in [-0.3, -0.25) is 14.5 Å². The molecule has 0 bridgehead atoms. The molecule has 7 nitrogen and oxygen atoms in total. The number of fused-ring (bicyclic) bond motifs is 1. The zero-order chi connectivity index (χ0) is 24.4. The van der Waals surface area contributed by atoms with Crippen molar-refractivity contribution in [1.29, 1.82) is 0 Å². The number of hydrogen-bond donors (Lipinski definition) is 1. The first kappa shape index (κ1) is 24.2. The summed E-state index contributed by atoms with van der Waals surface area (Å²) in [5.41, 5.74) is 0.509. The highest BCUT2D eigenvalue weighted by molar-refractivity contribution is 6.00. The van der Waals surface area contributed by atoms with E-state index in [1.807, 2.05) is 40.7 Å². The number of nitrogens with zero attached hydrogens (tertiary/aromatic N) is 3. The molecule has 1 aliphatic carbocycles. The van der Waals surface area contributed by atoms with Crippen LogP contribution in [-0.2, 0) is 11.3 Å². The smallest absolute Gasteiger partial charge is 0.271 e. The van der Waals surface area contributed by atoms with E-state index >= 15 is 0 Å². The van der Waals surface area contributed by atoms with Gasteiger partial charge < -0.3 is 19.2 Å². The maximum Gasteiger partial charge on any atom is 0.271 e. The molecule has 4 heterocycles. The molecule has 35 heavy (non-hydrogen) atoms. The molecular formula is C28H40N4O3. The molecule has 2 atom stereocenters. The van der Waals surface area contributed by atoms with Crippen LogP contribution in [0.2, 0.25) is 0 Å². The minimum absolute atomic E-state index is 0.0332. The number of aromatic nitrogens is 1. The van der Waals surface area contributed by atoms with Gasteiger partial charge in [0.2, 0.25) is 5.91 Å². The predicted molar refractivity (Wildman–Crippen MR) is 136 cm³/mol. The summed E-state index contributed by atoms with van der Waals surface area (Å²) in [6.07, 6.45) is 12.1. The zero-order valence-electron chi connectivity index (χ0n) is 21.3. The van der Waals surface area contributed by atoms with E-state index in [1.54, 1.807) is 6.26 Å². The van der Waals surface area contributed by atoms with Crippen LogP contribution in [0.25, 0.3) is 11.5 Å². The number of piperidine rings is 1. The normalized spacial score (nSPS) is 26.4. The number of carbonyl (C=O) groups excluding carboxylic acids is 2. The minimum Gasteiger partial charge on any atom is -0.463 e. The van der Waals surface area contributed by atoms with Gasteiger partial charge in [-0.15, -0.1) is 0 Å². The Hall–Kier alpha value is -2.54. The lowest BCUT2D eigenvalue weighted by atomic mass is 9.93. The number of carbonyl (C=O) groups is 2. The Labute approximate surface area is 208 Å². The third-order valence-corrected chi connectivity index (χ3v) is 8.51. The molecule has 0 radical (unpaired) electrons. The third kappa shape index (κ3) is 4.80. The Morgan fingerprint density at radius 1 is 1.03 bits per heavy atom. The molecule has 3 aliphatic rings. The van der Waals surface area contributed by atoms with Crippen LogP contribution in [0, 0.1) is 0 Å². The molecule has 1 N–H and O–H groups in total. The first-order chi connectivity index (χ1) is 17.0. The van der Waals surface area contributed by atoms with Gasteiger partial charge in [-0.2, -0.15) is 0 Å². The largest absolute Gasteiger partial charge is 0.463 e. The van der Waals surface area contributed by atoms with Crippen molar-refractivity contribution in [3.63, 3.8) is 0 Å². The molecule has 0 aromatic carbocycles. The van der Waals surface area contributed by atoms with E-state index < -0.39 is 5.54 Å². The van der Waals surface area contributed by atoms with Gasteiger partial charge in [-0.05, 0) is 70.3 Å². The van der Waals surface area contributed by atoms with Crippen molar-refractivity contribution < 1.29 is 14.0 Å². The van der Waals surface area contributed by atoms with Gasteiger partial charge >= 0.3 is 0 Å². The number of hydrogen-bond acceptors (Lipinski definition) is 4. The number of furan rings is 1. The summed E-state index contributed by atoms with van der Waals surface area (Å²) in [6.45, 7) is 7.06. The highest BCUT2D eigenvalue weighted by Crippen LogP contribution is 2.34. The van der Waals surface area contributed by atoms with Crippen LogP contribution >= 0.6 is 0 Å².